The van der Waals surface area contributed by atoms with Crippen LogP contribution in [-0.4, -0.2) is 66.8 Å². The second-order valence-corrected chi connectivity index (χ2v) is 5.46. The van der Waals surface area contributed by atoms with Gasteiger partial charge in [0.15, 0.2) is 5.96 Å². The Balaban J connectivity index is 1.79. The van der Waals surface area contributed by atoms with Gasteiger partial charge in [0.25, 0.3) is 0 Å². The van der Waals surface area contributed by atoms with E-state index in [1.807, 2.05) is 0 Å². The summed E-state index contributed by atoms with van der Waals surface area (Å²) in [4.78, 5) is 4.61. The maximum Gasteiger partial charge on any atom is 0.191 e. The van der Waals surface area contributed by atoms with Crippen LogP contribution in [-0.2, 0) is 22.4 Å². The monoisotopic (exact) mass is 324 g/mol. The largest absolute Gasteiger partial charge is 0.383 e. The predicted molar refractivity (Wildman–Crippen MR) is 88.6 cm³/mol. The SMILES string of the molecule is CCc1nncn1CCNC(=NCC1CCCO1)NCCOC. The Bertz CT molecular complexity index is 470. The lowest BCUT2D eigenvalue weighted by atomic mass is 10.2. The standard InChI is InChI=1S/C15H28N6O2/c1-3-14-20-19-12-21(14)8-6-16-15(17-7-10-22-2)18-11-13-5-4-9-23-13/h12-13H,3-11H2,1-2H3,(H2,16,17,18). The van der Waals surface area contributed by atoms with Crippen LogP contribution in [0.1, 0.15) is 25.6 Å². The van der Waals surface area contributed by atoms with Crippen LogP contribution in [0.4, 0.5) is 0 Å². The van der Waals surface area contributed by atoms with E-state index >= 15 is 0 Å². The molecular weight excluding hydrogens is 296 g/mol. The molecule has 0 saturated carbocycles. The topological polar surface area (TPSA) is 85.6 Å². The van der Waals surface area contributed by atoms with E-state index in [2.05, 4.69) is 37.3 Å². The van der Waals surface area contributed by atoms with Crippen molar-refractivity contribution >= 4 is 5.96 Å². The zero-order chi connectivity index (χ0) is 16.3. The molecule has 2 rings (SSSR count). The number of aromatic nitrogens is 3. The Kier molecular flexibility index (Phi) is 7.82. The van der Waals surface area contributed by atoms with Crippen molar-refractivity contribution in [1.82, 2.24) is 25.4 Å². The van der Waals surface area contributed by atoms with Crippen LogP contribution in [0.2, 0.25) is 0 Å². The summed E-state index contributed by atoms with van der Waals surface area (Å²) in [7, 11) is 1.69. The van der Waals surface area contributed by atoms with Gasteiger partial charge in [0, 0.05) is 39.8 Å². The van der Waals surface area contributed by atoms with Crippen molar-refractivity contribution in [1.29, 1.82) is 0 Å². The summed E-state index contributed by atoms with van der Waals surface area (Å²) < 4.78 is 12.7. The number of hydrogen-bond donors (Lipinski definition) is 2. The predicted octanol–water partition coefficient (Wildman–Crippen LogP) is 0.201. The second kappa shape index (κ2) is 10.2. The number of methoxy groups -OCH3 is 1. The maximum atomic E-state index is 5.61. The highest BCUT2D eigenvalue weighted by atomic mass is 16.5. The number of rotatable bonds is 9. The summed E-state index contributed by atoms with van der Waals surface area (Å²) in [5, 5.41) is 14.6. The van der Waals surface area contributed by atoms with Gasteiger partial charge in [-0.25, -0.2) is 0 Å². The molecule has 1 aromatic heterocycles. The highest BCUT2D eigenvalue weighted by Crippen LogP contribution is 2.11. The number of aliphatic imine (C=N–C) groups is 1. The minimum absolute atomic E-state index is 0.251. The molecule has 1 unspecified atom stereocenters. The lowest BCUT2D eigenvalue weighted by Gasteiger charge is -2.14. The van der Waals surface area contributed by atoms with Crippen molar-refractivity contribution in [3.63, 3.8) is 0 Å². The van der Waals surface area contributed by atoms with Crippen molar-refractivity contribution in [3.8, 4) is 0 Å². The first kappa shape index (κ1) is 17.7. The summed E-state index contributed by atoms with van der Waals surface area (Å²) in [6.07, 6.45) is 5.12. The van der Waals surface area contributed by atoms with Gasteiger partial charge in [-0.3, -0.25) is 4.99 Å². The number of hydrogen-bond acceptors (Lipinski definition) is 5. The molecule has 0 spiro atoms. The molecular formula is C15H28N6O2. The minimum atomic E-state index is 0.251. The fourth-order valence-corrected chi connectivity index (χ4v) is 2.46. The molecule has 0 aliphatic carbocycles. The molecule has 0 aromatic carbocycles. The number of ether oxygens (including phenoxy) is 2. The van der Waals surface area contributed by atoms with Gasteiger partial charge >= 0.3 is 0 Å². The van der Waals surface area contributed by atoms with Crippen molar-refractivity contribution in [2.24, 2.45) is 4.99 Å². The highest BCUT2D eigenvalue weighted by molar-refractivity contribution is 5.79. The molecule has 0 amide bonds. The van der Waals surface area contributed by atoms with Crippen molar-refractivity contribution in [2.45, 2.75) is 38.8 Å². The minimum Gasteiger partial charge on any atom is -0.383 e. The zero-order valence-electron chi connectivity index (χ0n) is 14.1. The molecule has 8 nitrogen and oxygen atoms in total. The molecule has 1 fully saturated rings. The number of guanidine groups is 1. The summed E-state index contributed by atoms with van der Waals surface area (Å²) in [6.45, 7) is 6.56. The Labute approximate surface area is 137 Å². The molecule has 1 aliphatic heterocycles. The second-order valence-electron chi connectivity index (χ2n) is 5.46. The average Bonchev–Trinajstić information content (AvgIpc) is 3.23. The average molecular weight is 324 g/mol. The molecule has 23 heavy (non-hydrogen) atoms. The molecule has 0 bridgehead atoms. The van der Waals surface area contributed by atoms with E-state index in [-0.39, 0.29) is 6.10 Å². The number of nitrogens with one attached hydrogen (secondary N) is 2. The van der Waals surface area contributed by atoms with Gasteiger partial charge in [-0.05, 0) is 12.8 Å². The van der Waals surface area contributed by atoms with Crippen LogP contribution in [0.5, 0.6) is 0 Å². The smallest absolute Gasteiger partial charge is 0.191 e. The van der Waals surface area contributed by atoms with Gasteiger partial charge in [-0.2, -0.15) is 0 Å². The Morgan fingerprint density at radius 2 is 2.35 bits per heavy atom. The van der Waals surface area contributed by atoms with Crippen LogP contribution in [0.3, 0.4) is 0 Å². The van der Waals surface area contributed by atoms with E-state index in [1.54, 1.807) is 13.4 Å². The van der Waals surface area contributed by atoms with Gasteiger partial charge < -0.3 is 24.7 Å². The molecule has 1 saturated heterocycles. The highest BCUT2D eigenvalue weighted by Gasteiger charge is 2.14. The van der Waals surface area contributed by atoms with Gasteiger partial charge in [0.1, 0.15) is 12.2 Å². The van der Waals surface area contributed by atoms with E-state index in [1.165, 1.54) is 0 Å². The summed E-state index contributed by atoms with van der Waals surface area (Å²) >= 11 is 0. The maximum absolute atomic E-state index is 5.61. The Hall–Kier alpha value is -1.67. The van der Waals surface area contributed by atoms with Crippen LogP contribution in [0, 0.1) is 0 Å². The molecule has 0 radical (unpaired) electrons. The summed E-state index contributed by atoms with van der Waals surface area (Å²) in [5.74, 6) is 1.79. The third kappa shape index (κ3) is 6.15. The van der Waals surface area contributed by atoms with Crippen LogP contribution >= 0.6 is 0 Å². The molecule has 2 N–H and O–H groups in total. The fourth-order valence-electron chi connectivity index (χ4n) is 2.46. The lowest BCUT2D eigenvalue weighted by Crippen LogP contribution is -2.41. The molecule has 130 valence electrons. The molecule has 2 heterocycles. The zero-order valence-corrected chi connectivity index (χ0v) is 14.1. The van der Waals surface area contributed by atoms with Gasteiger partial charge in [-0.1, -0.05) is 6.92 Å². The van der Waals surface area contributed by atoms with Crippen molar-refractivity contribution in [2.75, 3.05) is 40.0 Å². The molecule has 1 aliphatic rings. The van der Waals surface area contributed by atoms with Crippen molar-refractivity contribution in [3.05, 3.63) is 12.2 Å². The lowest BCUT2D eigenvalue weighted by molar-refractivity contribution is 0.117. The first-order valence-electron chi connectivity index (χ1n) is 8.33. The van der Waals surface area contributed by atoms with E-state index in [0.717, 1.165) is 57.3 Å². The molecule has 1 aromatic rings. The van der Waals surface area contributed by atoms with Gasteiger partial charge in [0.05, 0.1) is 19.3 Å². The van der Waals surface area contributed by atoms with Crippen LogP contribution in [0.25, 0.3) is 0 Å². The van der Waals surface area contributed by atoms with E-state index in [4.69, 9.17) is 9.47 Å². The van der Waals surface area contributed by atoms with Gasteiger partial charge in [0.2, 0.25) is 0 Å². The first-order chi connectivity index (χ1) is 11.3. The fraction of sp³-hybridized carbons (Fsp3) is 0.800. The number of aryl methyl sites for hydroxylation is 1. The normalized spacial score (nSPS) is 18.3. The Morgan fingerprint density at radius 1 is 1.48 bits per heavy atom. The van der Waals surface area contributed by atoms with E-state index in [0.29, 0.717) is 13.2 Å². The molecule has 8 heteroatoms. The summed E-state index contributed by atoms with van der Waals surface area (Å²) in [6, 6.07) is 0. The first-order valence-corrected chi connectivity index (χ1v) is 8.33. The number of nitrogens with zero attached hydrogens (tertiary/aromatic N) is 4. The van der Waals surface area contributed by atoms with E-state index < -0.39 is 0 Å². The van der Waals surface area contributed by atoms with Crippen LogP contribution in [0.15, 0.2) is 11.3 Å². The van der Waals surface area contributed by atoms with Crippen molar-refractivity contribution < 1.29 is 9.47 Å². The summed E-state index contributed by atoms with van der Waals surface area (Å²) in [5.41, 5.74) is 0. The van der Waals surface area contributed by atoms with E-state index in [9.17, 15) is 0 Å². The third-order valence-electron chi connectivity index (χ3n) is 3.73. The quantitative estimate of drug-likeness (QED) is 0.383. The van der Waals surface area contributed by atoms with Crippen LogP contribution < -0.4 is 10.6 Å². The molecule has 1 atom stereocenters. The Morgan fingerprint density at radius 3 is 3.09 bits per heavy atom. The third-order valence-corrected chi connectivity index (χ3v) is 3.73. The van der Waals surface area contributed by atoms with Gasteiger partial charge in [-0.15, -0.1) is 10.2 Å².